The highest BCUT2D eigenvalue weighted by Gasteiger charge is 2.33. The smallest absolute Gasteiger partial charge is 0.415 e. The zero-order chi connectivity index (χ0) is 29.4. The van der Waals surface area contributed by atoms with E-state index in [1.807, 2.05) is 58.0 Å². The summed E-state index contributed by atoms with van der Waals surface area (Å²) in [5, 5.41) is 7.88. The van der Waals surface area contributed by atoms with Crippen molar-refractivity contribution in [2.45, 2.75) is 71.7 Å². The molecule has 0 unspecified atom stereocenters. The van der Waals surface area contributed by atoms with Crippen LogP contribution in [-0.2, 0) is 31.3 Å². The molecule has 42 heavy (non-hydrogen) atoms. The standard InChI is InChI=1S/C30H41N9O3/c1-20-25(16-31-27-26(20)39(12-13-41-27)29(40)42-30(2,3)4)38-11-6-22-15-32-28(35-24(22)19-38)34-23-7-9-37(10-8-23)18-21-14-33-36(5)17-21/h14-17,23H,6-13,18-19H2,1-5H3,(H,32,34,35). The lowest BCUT2D eigenvalue weighted by Gasteiger charge is -2.35. The van der Waals surface area contributed by atoms with Crippen LogP contribution in [0.3, 0.4) is 0 Å². The van der Waals surface area contributed by atoms with E-state index >= 15 is 0 Å². The zero-order valence-electron chi connectivity index (χ0n) is 25.3. The van der Waals surface area contributed by atoms with Gasteiger partial charge in [-0.05, 0) is 52.5 Å². The topological polar surface area (TPSA) is 114 Å². The predicted molar refractivity (Wildman–Crippen MR) is 160 cm³/mol. The van der Waals surface area contributed by atoms with Crippen LogP contribution in [0.25, 0.3) is 0 Å². The first-order valence-corrected chi connectivity index (χ1v) is 14.8. The van der Waals surface area contributed by atoms with Crippen LogP contribution in [0, 0.1) is 6.92 Å². The van der Waals surface area contributed by atoms with Crippen molar-refractivity contribution in [3.63, 3.8) is 0 Å². The number of aryl methyl sites for hydroxylation is 1. The van der Waals surface area contributed by atoms with Crippen LogP contribution < -0.4 is 19.9 Å². The van der Waals surface area contributed by atoms with Gasteiger partial charge < -0.3 is 19.7 Å². The Labute approximate surface area is 247 Å². The van der Waals surface area contributed by atoms with Gasteiger partial charge >= 0.3 is 6.09 Å². The second-order valence-electron chi connectivity index (χ2n) is 12.5. The summed E-state index contributed by atoms with van der Waals surface area (Å²) in [7, 11) is 1.96. The van der Waals surface area contributed by atoms with Crippen LogP contribution in [0.4, 0.5) is 22.1 Å². The van der Waals surface area contributed by atoms with Gasteiger partial charge in [-0.1, -0.05) is 0 Å². The molecule has 0 radical (unpaired) electrons. The monoisotopic (exact) mass is 575 g/mol. The molecule has 6 heterocycles. The number of likely N-dealkylation sites (tertiary alicyclic amines) is 1. The predicted octanol–water partition coefficient (Wildman–Crippen LogP) is 3.69. The largest absolute Gasteiger partial charge is 0.474 e. The molecule has 0 spiro atoms. The minimum absolute atomic E-state index is 0.346. The van der Waals surface area contributed by atoms with Gasteiger partial charge in [0.25, 0.3) is 0 Å². The van der Waals surface area contributed by atoms with Gasteiger partial charge in [0, 0.05) is 62.8 Å². The first kappa shape index (κ1) is 28.2. The maximum absolute atomic E-state index is 13.1. The average molecular weight is 576 g/mol. The molecule has 12 nitrogen and oxygen atoms in total. The Bertz CT molecular complexity index is 1440. The van der Waals surface area contributed by atoms with Crippen LogP contribution in [0.5, 0.6) is 5.88 Å². The summed E-state index contributed by atoms with van der Waals surface area (Å²) in [6.45, 7) is 12.9. The number of nitrogens with zero attached hydrogens (tertiary/aromatic N) is 8. The third-order valence-corrected chi connectivity index (χ3v) is 8.06. The van der Waals surface area contributed by atoms with E-state index in [0.29, 0.717) is 43.3 Å². The molecule has 3 aliphatic heterocycles. The quantitative estimate of drug-likeness (QED) is 0.483. The van der Waals surface area contributed by atoms with E-state index in [9.17, 15) is 4.79 Å². The second kappa shape index (κ2) is 11.4. The molecule has 0 saturated carbocycles. The number of hydrogen-bond acceptors (Lipinski definition) is 10. The number of carbonyl (C=O) groups is 1. The van der Waals surface area contributed by atoms with Crippen molar-refractivity contribution in [3.8, 4) is 5.88 Å². The maximum Gasteiger partial charge on any atom is 0.415 e. The normalized spacial score (nSPS) is 17.8. The number of rotatable bonds is 5. The molecule has 3 aromatic rings. The minimum atomic E-state index is -0.590. The lowest BCUT2D eigenvalue weighted by atomic mass is 10.0. The summed E-state index contributed by atoms with van der Waals surface area (Å²) in [5.74, 6) is 1.15. The highest BCUT2D eigenvalue weighted by Crippen LogP contribution is 2.39. The molecular weight excluding hydrogens is 534 g/mol. The Balaban J connectivity index is 1.13. The molecule has 0 aliphatic carbocycles. The fourth-order valence-electron chi connectivity index (χ4n) is 5.95. The molecule has 224 valence electrons. The molecule has 1 fully saturated rings. The number of hydrogen-bond donors (Lipinski definition) is 1. The summed E-state index contributed by atoms with van der Waals surface area (Å²) in [5.41, 5.74) is 5.44. The van der Waals surface area contributed by atoms with E-state index in [-0.39, 0.29) is 6.09 Å². The van der Waals surface area contributed by atoms with Gasteiger partial charge in [0.2, 0.25) is 11.8 Å². The first-order valence-electron chi connectivity index (χ1n) is 14.8. The number of ether oxygens (including phenoxy) is 2. The SMILES string of the molecule is Cc1c(N2CCc3cnc(NC4CCN(Cc5cnn(C)c5)CC4)nc3C2)cnc2c1N(C(=O)OC(C)(C)C)CCO2. The Morgan fingerprint density at radius 3 is 2.67 bits per heavy atom. The molecule has 1 saturated heterocycles. The number of aromatic nitrogens is 5. The van der Waals surface area contributed by atoms with Crippen molar-refractivity contribution in [3.05, 3.63) is 47.2 Å². The van der Waals surface area contributed by atoms with E-state index in [1.54, 1.807) is 4.90 Å². The van der Waals surface area contributed by atoms with Gasteiger partial charge in [0.15, 0.2) is 0 Å². The highest BCUT2D eigenvalue weighted by atomic mass is 16.6. The summed E-state index contributed by atoms with van der Waals surface area (Å²) in [6, 6.07) is 0.346. The first-order chi connectivity index (χ1) is 20.1. The summed E-state index contributed by atoms with van der Waals surface area (Å²) < 4.78 is 13.4. The molecule has 0 aromatic carbocycles. The van der Waals surface area contributed by atoms with Crippen molar-refractivity contribution in [1.82, 2.24) is 29.6 Å². The summed E-state index contributed by atoms with van der Waals surface area (Å²) >= 11 is 0. The van der Waals surface area contributed by atoms with Gasteiger partial charge in [-0.3, -0.25) is 14.5 Å². The lowest BCUT2D eigenvalue weighted by molar-refractivity contribution is 0.0566. The zero-order valence-corrected chi connectivity index (χ0v) is 25.3. The fraction of sp³-hybridized carbons (Fsp3) is 0.567. The van der Waals surface area contributed by atoms with Gasteiger partial charge in [-0.25, -0.2) is 19.7 Å². The van der Waals surface area contributed by atoms with Crippen molar-refractivity contribution in [1.29, 1.82) is 0 Å². The number of pyridine rings is 1. The van der Waals surface area contributed by atoms with Crippen LogP contribution in [0.2, 0.25) is 0 Å². The Morgan fingerprint density at radius 1 is 1.12 bits per heavy atom. The van der Waals surface area contributed by atoms with Crippen molar-refractivity contribution in [2.75, 3.05) is 47.9 Å². The molecule has 3 aromatic heterocycles. The van der Waals surface area contributed by atoms with E-state index < -0.39 is 5.60 Å². The van der Waals surface area contributed by atoms with Gasteiger partial charge in [0.1, 0.15) is 17.9 Å². The number of carbonyl (C=O) groups excluding carboxylic acids is 1. The van der Waals surface area contributed by atoms with E-state index in [0.717, 1.165) is 62.4 Å². The Kier molecular flexibility index (Phi) is 7.65. The van der Waals surface area contributed by atoms with Crippen LogP contribution >= 0.6 is 0 Å². The average Bonchev–Trinajstić information content (AvgIpc) is 3.37. The number of fused-ring (bicyclic) bond motifs is 2. The molecule has 0 bridgehead atoms. The molecule has 6 rings (SSSR count). The minimum Gasteiger partial charge on any atom is -0.474 e. The molecule has 1 amide bonds. The van der Waals surface area contributed by atoms with Gasteiger partial charge in [0.05, 0.1) is 36.9 Å². The van der Waals surface area contributed by atoms with Gasteiger partial charge in [-0.2, -0.15) is 5.10 Å². The van der Waals surface area contributed by atoms with Crippen LogP contribution in [-0.4, -0.2) is 80.2 Å². The molecule has 1 N–H and O–H groups in total. The number of piperidine rings is 1. The second-order valence-corrected chi connectivity index (χ2v) is 12.5. The van der Waals surface area contributed by atoms with E-state index in [1.165, 1.54) is 11.1 Å². The number of anilines is 3. The van der Waals surface area contributed by atoms with Crippen molar-refractivity contribution < 1.29 is 14.3 Å². The lowest BCUT2D eigenvalue weighted by Crippen LogP contribution is -2.42. The molecule has 0 atom stereocenters. The van der Waals surface area contributed by atoms with Crippen molar-refractivity contribution >= 4 is 23.4 Å². The Hall–Kier alpha value is -3.93. The van der Waals surface area contributed by atoms with Crippen molar-refractivity contribution in [2.24, 2.45) is 7.05 Å². The van der Waals surface area contributed by atoms with E-state index in [2.05, 4.69) is 36.4 Å². The Morgan fingerprint density at radius 2 is 1.93 bits per heavy atom. The third kappa shape index (κ3) is 6.13. The highest BCUT2D eigenvalue weighted by molar-refractivity contribution is 5.92. The van der Waals surface area contributed by atoms with Gasteiger partial charge in [-0.15, -0.1) is 0 Å². The van der Waals surface area contributed by atoms with E-state index in [4.69, 9.17) is 14.5 Å². The summed E-state index contributed by atoms with van der Waals surface area (Å²) in [4.78, 5) is 33.7. The molecule has 3 aliphatic rings. The molecular formula is C30H41N9O3. The summed E-state index contributed by atoms with van der Waals surface area (Å²) in [6.07, 6.45) is 10.4. The number of amides is 1. The van der Waals surface area contributed by atoms with Crippen LogP contribution in [0.1, 0.15) is 56.0 Å². The number of nitrogens with one attached hydrogen (secondary N) is 1. The molecule has 12 heteroatoms. The third-order valence-electron chi connectivity index (χ3n) is 8.06. The maximum atomic E-state index is 13.1. The van der Waals surface area contributed by atoms with Crippen LogP contribution in [0.15, 0.2) is 24.8 Å². The fourth-order valence-corrected chi connectivity index (χ4v) is 5.95.